The molecule has 0 spiro atoms. The molecule has 0 atom stereocenters. The van der Waals surface area contributed by atoms with Gasteiger partial charge in [0.25, 0.3) is 0 Å². The Morgan fingerprint density at radius 1 is 1.14 bits per heavy atom. The monoisotopic (exact) mass is 304 g/mol. The van der Waals surface area contributed by atoms with E-state index in [4.69, 9.17) is 11.6 Å². The van der Waals surface area contributed by atoms with Crippen LogP contribution in [0.4, 0.5) is 17.3 Å². The van der Waals surface area contributed by atoms with Crippen molar-refractivity contribution < 1.29 is 4.79 Å². The lowest BCUT2D eigenvalue weighted by Gasteiger charge is -2.10. The smallest absolute Gasteiger partial charge is 0.228 e. The number of rotatable bonds is 4. The van der Waals surface area contributed by atoms with Gasteiger partial charge in [-0.1, -0.05) is 31.5 Å². The van der Waals surface area contributed by atoms with Crippen LogP contribution in [0.2, 0.25) is 5.02 Å². The number of amides is 1. The van der Waals surface area contributed by atoms with Crippen LogP contribution in [0.5, 0.6) is 0 Å². The van der Waals surface area contributed by atoms with Gasteiger partial charge in [-0.15, -0.1) is 10.2 Å². The van der Waals surface area contributed by atoms with Crippen molar-refractivity contribution in [2.24, 2.45) is 5.92 Å². The third-order valence-electron chi connectivity index (χ3n) is 2.90. The number of carbonyl (C=O) groups is 1. The molecule has 0 fully saturated rings. The Bertz CT molecular complexity index is 641. The molecule has 2 N–H and O–H groups in total. The third-order valence-corrected chi connectivity index (χ3v) is 3.14. The lowest BCUT2D eigenvalue weighted by atomic mass is 10.2. The van der Waals surface area contributed by atoms with Gasteiger partial charge in [-0.2, -0.15) is 0 Å². The second kappa shape index (κ2) is 6.54. The van der Waals surface area contributed by atoms with Crippen molar-refractivity contribution in [3.05, 3.63) is 40.9 Å². The lowest BCUT2D eigenvalue weighted by Crippen LogP contribution is -2.18. The van der Waals surface area contributed by atoms with Crippen LogP contribution < -0.4 is 10.6 Å². The number of hydrogen-bond acceptors (Lipinski definition) is 4. The number of nitrogens with one attached hydrogen (secondary N) is 2. The Labute approximate surface area is 128 Å². The summed E-state index contributed by atoms with van der Waals surface area (Å²) in [5.41, 5.74) is 1.93. The van der Waals surface area contributed by atoms with E-state index in [1.807, 2.05) is 39.0 Å². The van der Waals surface area contributed by atoms with E-state index in [0.29, 0.717) is 16.7 Å². The molecule has 2 rings (SSSR count). The highest BCUT2D eigenvalue weighted by Gasteiger charge is 2.08. The van der Waals surface area contributed by atoms with E-state index in [9.17, 15) is 4.79 Å². The number of carbonyl (C=O) groups excluding carboxylic acids is 1. The van der Waals surface area contributed by atoms with E-state index in [2.05, 4.69) is 20.8 Å². The van der Waals surface area contributed by atoms with Crippen LogP contribution in [0.3, 0.4) is 0 Å². The molecular weight excluding hydrogens is 288 g/mol. The number of anilines is 3. The Kier molecular flexibility index (Phi) is 4.75. The van der Waals surface area contributed by atoms with Crippen LogP contribution >= 0.6 is 11.6 Å². The number of halogens is 1. The van der Waals surface area contributed by atoms with Crippen LogP contribution in [-0.2, 0) is 4.79 Å². The second-order valence-corrected chi connectivity index (χ2v) is 5.47. The Morgan fingerprint density at radius 2 is 1.81 bits per heavy atom. The van der Waals surface area contributed by atoms with Gasteiger partial charge in [0.2, 0.25) is 5.91 Å². The van der Waals surface area contributed by atoms with Crippen molar-refractivity contribution in [1.29, 1.82) is 0 Å². The molecule has 0 saturated carbocycles. The fraction of sp³-hybridized carbons (Fsp3) is 0.267. The second-order valence-electron chi connectivity index (χ2n) is 5.03. The van der Waals surface area contributed by atoms with Crippen LogP contribution in [0, 0.1) is 12.8 Å². The van der Waals surface area contributed by atoms with E-state index >= 15 is 0 Å². The van der Waals surface area contributed by atoms with Gasteiger partial charge in [0.05, 0.1) is 0 Å². The third kappa shape index (κ3) is 4.16. The predicted octanol–water partition coefficient (Wildman–Crippen LogP) is 3.78. The van der Waals surface area contributed by atoms with Crippen LogP contribution in [0.1, 0.15) is 19.4 Å². The molecule has 0 radical (unpaired) electrons. The number of nitrogens with zero attached hydrogens (tertiary/aromatic N) is 2. The molecule has 0 aliphatic carbocycles. The summed E-state index contributed by atoms with van der Waals surface area (Å²) < 4.78 is 0. The molecule has 0 aliphatic rings. The summed E-state index contributed by atoms with van der Waals surface area (Å²) in [6, 6.07) is 9.04. The predicted molar refractivity (Wildman–Crippen MR) is 85.0 cm³/mol. The zero-order valence-corrected chi connectivity index (χ0v) is 12.9. The van der Waals surface area contributed by atoms with Crippen LogP contribution in [0.25, 0.3) is 0 Å². The highest BCUT2D eigenvalue weighted by atomic mass is 35.5. The standard InChI is InChI=1S/C15H17ClN4O/c1-9(2)15(21)18-14-7-6-13(19-20-14)17-12-8-11(16)5-4-10(12)3/h4-9H,1-3H3,(H,17,19)(H,18,20,21). The van der Waals surface area contributed by atoms with E-state index in [-0.39, 0.29) is 11.8 Å². The van der Waals surface area contributed by atoms with Gasteiger partial charge in [-0.05, 0) is 36.8 Å². The topological polar surface area (TPSA) is 66.9 Å². The maximum atomic E-state index is 11.6. The summed E-state index contributed by atoms with van der Waals surface area (Å²) in [5.74, 6) is 0.833. The highest BCUT2D eigenvalue weighted by Crippen LogP contribution is 2.23. The van der Waals surface area contributed by atoms with Gasteiger partial charge in [-0.3, -0.25) is 4.79 Å². The maximum absolute atomic E-state index is 11.6. The molecule has 1 heterocycles. The van der Waals surface area contributed by atoms with Gasteiger partial charge in [0.1, 0.15) is 0 Å². The molecule has 1 amide bonds. The molecule has 1 aromatic heterocycles. The van der Waals surface area contributed by atoms with E-state index in [0.717, 1.165) is 11.3 Å². The highest BCUT2D eigenvalue weighted by molar-refractivity contribution is 6.30. The molecule has 5 nitrogen and oxygen atoms in total. The largest absolute Gasteiger partial charge is 0.338 e. The first-order valence-electron chi connectivity index (χ1n) is 6.63. The lowest BCUT2D eigenvalue weighted by molar-refractivity contribution is -0.118. The Morgan fingerprint density at radius 3 is 2.43 bits per heavy atom. The zero-order valence-electron chi connectivity index (χ0n) is 12.1. The molecule has 0 saturated heterocycles. The number of aryl methyl sites for hydroxylation is 1. The molecule has 0 bridgehead atoms. The number of aromatic nitrogens is 2. The first-order valence-corrected chi connectivity index (χ1v) is 7.01. The normalized spacial score (nSPS) is 10.5. The minimum Gasteiger partial charge on any atom is -0.338 e. The molecule has 0 unspecified atom stereocenters. The van der Waals surface area contributed by atoms with Gasteiger partial charge in [-0.25, -0.2) is 0 Å². The SMILES string of the molecule is Cc1ccc(Cl)cc1Nc1ccc(NC(=O)C(C)C)nn1. The quantitative estimate of drug-likeness (QED) is 0.902. The summed E-state index contributed by atoms with van der Waals surface area (Å²) in [6.45, 7) is 5.62. The molecule has 6 heteroatoms. The minimum atomic E-state index is -0.0984. The maximum Gasteiger partial charge on any atom is 0.228 e. The average Bonchev–Trinajstić information content (AvgIpc) is 2.45. The molecule has 110 valence electrons. The van der Waals surface area contributed by atoms with Crippen molar-refractivity contribution in [2.75, 3.05) is 10.6 Å². The van der Waals surface area contributed by atoms with Crippen LogP contribution in [-0.4, -0.2) is 16.1 Å². The summed E-state index contributed by atoms with van der Waals surface area (Å²) in [5, 5.41) is 14.5. The van der Waals surface area contributed by atoms with Gasteiger partial charge < -0.3 is 10.6 Å². The molecule has 21 heavy (non-hydrogen) atoms. The fourth-order valence-electron chi connectivity index (χ4n) is 1.60. The summed E-state index contributed by atoms with van der Waals surface area (Å²) in [6.07, 6.45) is 0. The minimum absolute atomic E-state index is 0.0873. The first kappa shape index (κ1) is 15.3. The van der Waals surface area contributed by atoms with Crippen molar-refractivity contribution in [1.82, 2.24) is 10.2 Å². The number of benzene rings is 1. The molecular formula is C15H17ClN4O. The average molecular weight is 305 g/mol. The number of hydrogen-bond donors (Lipinski definition) is 2. The van der Waals surface area contributed by atoms with Crippen molar-refractivity contribution in [3.8, 4) is 0 Å². The van der Waals surface area contributed by atoms with Crippen LogP contribution in [0.15, 0.2) is 30.3 Å². The van der Waals surface area contributed by atoms with E-state index in [1.165, 1.54) is 0 Å². The summed E-state index contributed by atoms with van der Waals surface area (Å²) >= 11 is 5.97. The summed E-state index contributed by atoms with van der Waals surface area (Å²) in [7, 11) is 0. The van der Waals surface area contributed by atoms with Crippen molar-refractivity contribution in [2.45, 2.75) is 20.8 Å². The molecule has 1 aromatic carbocycles. The fourth-order valence-corrected chi connectivity index (χ4v) is 1.78. The summed E-state index contributed by atoms with van der Waals surface area (Å²) in [4.78, 5) is 11.6. The van der Waals surface area contributed by atoms with Crippen molar-refractivity contribution in [3.63, 3.8) is 0 Å². The van der Waals surface area contributed by atoms with Gasteiger partial charge >= 0.3 is 0 Å². The Hall–Kier alpha value is -2.14. The molecule has 2 aromatic rings. The molecule has 0 aliphatic heterocycles. The van der Waals surface area contributed by atoms with Gasteiger partial charge in [0, 0.05) is 16.6 Å². The Balaban J connectivity index is 2.09. The zero-order chi connectivity index (χ0) is 15.4. The first-order chi connectivity index (χ1) is 9.95. The van der Waals surface area contributed by atoms with E-state index < -0.39 is 0 Å². The van der Waals surface area contributed by atoms with Gasteiger partial charge in [0.15, 0.2) is 11.6 Å². The van der Waals surface area contributed by atoms with Crippen molar-refractivity contribution >= 4 is 34.8 Å². The van der Waals surface area contributed by atoms with E-state index in [1.54, 1.807) is 12.1 Å².